The lowest BCUT2D eigenvalue weighted by Gasteiger charge is -2.39. The molecular formula is C11H23O13P. The van der Waals surface area contributed by atoms with Crippen LogP contribution in [0, 0.1) is 0 Å². The number of rotatable bonds is 9. The van der Waals surface area contributed by atoms with Crippen molar-refractivity contribution in [2.45, 2.75) is 49.0 Å². The van der Waals surface area contributed by atoms with Gasteiger partial charge in [-0.1, -0.05) is 0 Å². The first-order chi connectivity index (χ1) is 11.5. The highest BCUT2D eigenvalue weighted by atomic mass is 31.2. The molecule has 0 aliphatic carbocycles. The van der Waals surface area contributed by atoms with Gasteiger partial charge in [0.05, 0.1) is 19.8 Å². The predicted molar refractivity (Wildman–Crippen MR) is 75.7 cm³/mol. The van der Waals surface area contributed by atoms with Crippen LogP contribution in [0.2, 0.25) is 0 Å². The largest absolute Gasteiger partial charge is 0.472 e. The summed E-state index contributed by atoms with van der Waals surface area (Å²) in [5, 5.41) is 74.5. The van der Waals surface area contributed by atoms with Crippen LogP contribution in [0.4, 0.5) is 0 Å². The number of ether oxygens (including phenoxy) is 1. The molecule has 1 fully saturated rings. The van der Waals surface area contributed by atoms with Crippen LogP contribution in [-0.4, -0.2) is 115 Å². The Balaban J connectivity index is 2.63. The van der Waals surface area contributed by atoms with Crippen LogP contribution in [0.15, 0.2) is 0 Å². The second kappa shape index (κ2) is 9.62. The van der Waals surface area contributed by atoms with E-state index in [0.717, 1.165) is 0 Å². The van der Waals surface area contributed by atoms with E-state index in [0.29, 0.717) is 0 Å². The second-order valence-electron chi connectivity index (χ2n) is 5.37. The molecule has 25 heavy (non-hydrogen) atoms. The Hall–Kier alpha value is -0.250. The van der Waals surface area contributed by atoms with Crippen molar-refractivity contribution in [2.24, 2.45) is 0 Å². The summed E-state index contributed by atoms with van der Waals surface area (Å²) in [5.74, 6) is 0. The first-order valence-electron chi connectivity index (χ1n) is 7.15. The van der Waals surface area contributed by atoms with Crippen molar-refractivity contribution < 1.29 is 64.1 Å². The molecule has 1 aliphatic rings. The van der Waals surface area contributed by atoms with Gasteiger partial charge in [0.1, 0.15) is 42.7 Å². The minimum Gasteiger partial charge on any atom is -0.394 e. The van der Waals surface area contributed by atoms with Gasteiger partial charge in [-0.3, -0.25) is 9.05 Å². The molecule has 14 heteroatoms. The molecular weight excluding hydrogens is 371 g/mol. The van der Waals surface area contributed by atoms with Gasteiger partial charge < -0.3 is 50.5 Å². The third kappa shape index (κ3) is 6.15. The first kappa shape index (κ1) is 22.8. The van der Waals surface area contributed by atoms with Crippen LogP contribution in [0.1, 0.15) is 0 Å². The molecule has 1 rings (SSSR count). The predicted octanol–water partition coefficient (Wildman–Crippen LogP) is -5.01. The molecule has 0 aromatic heterocycles. The summed E-state index contributed by atoms with van der Waals surface area (Å²) in [6, 6.07) is 0. The Kier molecular flexibility index (Phi) is 8.77. The van der Waals surface area contributed by atoms with Crippen LogP contribution >= 0.6 is 7.82 Å². The van der Waals surface area contributed by atoms with Gasteiger partial charge in [0.25, 0.3) is 0 Å². The van der Waals surface area contributed by atoms with Crippen molar-refractivity contribution in [3.8, 4) is 0 Å². The molecule has 9 atom stereocenters. The third-order valence-electron chi connectivity index (χ3n) is 3.48. The van der Waals surface area contributed by atoms with E-state index >= 15 is 0 Å². The van der Waals surface area contributed by atoms with Crippen molar-refractivity contribution in [2.75, 3.05) is 19.8 Å². The molecule has 0 saturated carbocycles. The third-order valence-corrected chi connectivity index (χ3v) is 4.47. The zero-order chi connectivity index (χ0) is 19.4. The molecule has 1 heterocycles. The van der Waals surface area contributed by atoms with Gasteiger partial charge in [0, 0.05) is 0 Å². The quantitative estimate of drug-likeness (QED) is 0.167. The molecule has 0 bridgehead atoms. The van der Waals surface area contributed by atoms with Gasteiger partial charge >= 0.3 is 7.82 Å². The van der Waals surface area contributed by atoms with Gasteiger partial charge in [0.2, 0.25) is 0 Å². The number of hydrogen-bond acceptors (Lipinski definition) is 12. The molecule has 0 spiro atoms. The minimum absolute atomic E-state index is 0.743. The Morgan fingerprint density at radius 1 is 1.04 bits per heavy atom. The Morgan fingerprint density at radius 2 is 1.64 bits per heavy atom. The van der Waals surface area contributed by atoms with Crippen LogP contribution in [0.3, 0.4) is 0 Å². The summed E-state index contributed by atoms with van der Waals surface area (Å²) in [6.45, 7) is -2.63. The Bertz CT molecular complexity index is 450. The minimum atomic E-state index is -5.01. The van der Waals surface area contributed by atoms with Crippen LogP contribution < -0.4 is 0 Å². The van der Waals surface area contributed by atoms with Gasteiger partial charge in [-0.25, -0.2) is 4.57 Å². The molecule has 1 unspecified atom stereocenters. The van der Waals surface area contributed by atoms with Crippen LogP contribution in [0.25, 0.3) is 0 Å². The Labute approximate surface area is 141 Å². The normalized spacial score (nSPS) is 36.4. The van der Waals surface area contributed by atoms with E-state index < -0.39 is 76.7 Å². The van der Waals surface area contributed by atoms with Gasteiger partial charge in [-0.05, 0) is 0 Å². The number of aliphatic hydroxyl groups excluding tert-OH is 8. The lowest BCUT2D eigenvalue weighted by molar-refractivity contribution is -0.283. The summed E-state index contributed by atoms with van der Waals surface area (Å²) >= 11 is 0. The van der Waals surface area contributed by atoms with Gasteiger partial charge in [0.15, 0.2) is 6.29 Å². The highest BCUT2D eigenvalue weighted by molar-refractivity contribution is 7.47. The number of hydrogen-bond donors (Lipinski definition) is 9. The standard InChI is InChI=1S/C11H23O13P/c12-1-4(14)7(16)5(15)3-22-25(20,21)24-10-9(18)8(17)6(2-13)23-11(10)19/h4-19H,1-3H2,(H,20,21)/t4-,5+,6+,7-,8-,9-,10+,11-/m0/s1. The lowest BCUT2D eigenvalue weighted by Crippen LogP contribution is -2.59. The van der Waals surface area contributed by atoms with Crippen LogP contribution in [0.5, 0.6) is 0 Å². The topological polar surface area (TPSA) is 227 Å². The molecule has 0 amide bonds. The summed E-state index contributed by atoms with van der Waals surface area (Å²) in [7, 11) is -5.01. The number of phosphoric ester groups is 1. The summed E-state index contributed by atoms with van der Waals surface area (Å²) in [6.07, 6.45) is -14.4. The SMILES string of the molecule is O=P(O)(OC[C@@H](O)[C@@H](O)[C@@H](O)CO)O[C@@H]1[C@@H](O)[C@@H](O)[C@@H](CO)O[C@@H]1O. The van der Waals surface area contributed by atoms with E-state index in [1.807, 2.05) is 0 Å². The van der Waals surface area contributed by atoms with E-state index in [1.54, 1.807) is 0 Å². The van der Waals surface area contributed by atoms with Crippen molar-refractivity contribution in [3.63, 3.8) is 0 Å². The fourth-order valence-corrected chi connectivity index (χ4v) is 2.94. The molecule has 0 aromatic carbocycles. The highest BCUT2D eigenvalue weighted by Crippen LogP contribution is 2.46. The molecule has 0 aromatic rings. The van der Waals surface area contributed by atoms with E-state index in [2.05, 4.69) is 9.05 Å². The lowest BCUT2D eigenvalue weighted by atomic mass is 9.99. The molecule has 0 radical (unpaired) electrons. The fourth-order valence-electron chi connectivity index (χ4n) is 2.00. The number of aliphatic hydroxyl groups is 8. The van der Waals surface area contributed by atoms with Crippen LogP contribution in [-0.2, 0) is 18.3 Å². The fraction of sp³-hybridized carbons (Fsp3) is 1.00. The summed E-state index contributed by atoms with van der Waals surface area (Å²) in [4.78, 5) is 9.54. The van der Waals surface area contributed by atoms with Gasteiger partial charge in [-0.2, -0.15) is 0 Å². The highest BCUT2D eigenvalue weighted by Gasteiger charge is 2.47. The second-order valence-corrected chi connectivity index (χ2v) is 6.78. The summed E-state index contributed by atoms with van der Waals surface area (Å²) < 4.78 is 25.4. The van der Waals surface area contributed by atoms with E-state index in [-0.39, 0.29) is 0 Å². The van der Waals surface area contributed by atoms with E-state index in [4.69, 9.17) is 20.1 Å². The van der Waals surface area contributed by atoms with Crippen molar-refractivity contribution in [3.05, 3.63) is 0 Å². The molecule has 9 N–H and O–H groups in total. The monoisotopic (exact) mass is 394 g/mol. The van der Waals surface area contributed by atoms with Gasteiger partial charge in [-0.15, -0.1) is 0 Å². The average molecular weight is 394 g/mol. The molecule has 13 nitrogen and oxygen atoms in total. The summed E-state index contributed by atoms with van der Waals surface area (Å²) in [5.41, 5.74) is 0. The van der Waals surface area contributed by atoms with E-state index in [1.165, 1.54) is 0 Å². The maximum absolute atomic E-state index is 11.8. The number of phosphoric acid groups is 1. The Morgan fingerprint density at radius 3 is 2.16 bits per heavy atom. The van der Waals surface area contributed by atoms with E-state index in [9.17, 15) is 35.0 Å². The maximum Gasteiger partial charge on any atom is 0.472 e. The molecule has 150 valence electrons. The molecule has 1 saturated heterocycles. The first-order valence-corrected chi connectivity index (χ1v) is 8.65. The smallest absolute Gasteiger partial charge is 0.394 e. The zero-order valence-electron chi connectivity index (χ0n) is 12.8. The van der Waals surface area contributed by atoms with Crippen molar-refractivity contribution >= 4 is 7.82 Å². The average Bonchev–Trinajstić information content (AvgIpc) is 2.58. The van der Waals surface area contributed by atoms with Crippen molar-refractivity contribution in [1.29, 1.82) is 0 Å². The molecule has 1 aliphatic heterocycles. The maximum atomic E-state index is 11.8. The zero-order valence-corrected chi connectivity index (χ0v) is 13.7. The van der Waals surface area contributed by atoms with Crippen molar-refractivity contribution in [1.82, 2.24) is 0 Å².